The molecule has 1 amide bonds. The molecule has 24 heavy (non-hydrogen) atoms. The van der Waals surface area contributed by atoms with Crippen LogP contribution in [0.3, 0.4) is 0 Å². The van der Waals surface area contributed by atoms with Gasteiger partial charge in [-0.05, 0) is 25.8 Å². The van der Waals surface area contributed by atoms with Crippen molar-refractivity contribution in [2.24, 2.45) is 0 Å². The van der Waals surface area contributed by atoms with Gasteiger partial charge in [-0.1, -0.05) is 17.7 Å². The van der Waals surface area contributed by atoms with E-state index in [1.165, 1.54) is 10.6 Å². The number of benzene rings is 1. The first kappa shape index (κ1) is 18.7. The maximum atomic E-state index is 12.7. The number of rotatable bonds is 4. The van der Waals surface area contributed by atoms with E-state index in [1.54, 1.807) is 12.0 Å². The second kappa shape index (κ2) is 7.53. The fraction of sp³-hybridized carbons (Fsp3) is 0.588. The first-order valence-electron chi connectivity index (χ1n) is 8.09. The SMILES string of the molecule is COc1c(C)cc(C)cc1CC(=O)N1CCCN(S(C)(=O)=O)CC1. The van der Waals surface area contributed by atoms with Crippen molar-refractivity contribution in [2.75, 3.05) is 39.5 Å². The summed E-state index contributed by atoms with van der Waals surface area (Å²) in [5.41, 5.74) is 2.99. The van der Waals surface area contributed by atoms with Crippen molar-refractivity contribution >= 4 is 15.9 Å². The first-order valence-corrected chi connectivity index (χ1v) is 9.94. The van der Waals surface area contributed by atoms with Gasteiger partial charge in [0.2, 0.25) is 15.9 Å². The van der Waals surface area contributed by atoms with Crippen LogP contribution in [0.5, 0.6) is 5.75 Å². The average Bonchev–Trinajstić information content (AvgIpc) is 2.72. The molecule has 1 aromatic rings. The van der Waals surface area contributed by atoms with Crippen LogP contribution in [0.15, 0.2) is 12.1 Å². The van der Waals surface area contributed by atoms with Gasteiger partial charge in [0.15, 0.2) is 0 Å². The van der Waals surface area contributed by atoms with Gasteiger partial charge < -0.3 is 9.64 Å². The van der Waals surface area contributed by atoms with E-state index in [0.29, 0.717) is 32.6 Å². The van der Waals surface area contributed by atoms with Gasteiger partial charge in [0.05, 0.1) is 19.8 Å². The summed E-state index contributed by atoms with van der Waals surface area (Å²) < 4.78 is 30.2. The molecule has 0 radical (unpaired) electrons. The van der Waals surface area contributed by atoms with Crippen molar-refractivity contribution < 1.29 is 17.9 Å². The number of carbonyl (C=O) groups is 1. The molecule has 1 aromatic carbocycles. The van der Waals surface area contributed by atoms with Gasteiger partial charge in [-0.25, -0.2) is 12.7 Å². The zero-order chi connectivity index (χ0) is 17.9. The van der Waals surface area contributed by atoms with Crippen molar-refractivity contribution in [2.45, 2.75) is 26.7 Å². The number of nitrogens with zero attached hydrogens (tertiary/aromatic N) is 2. The Morgan fingerprint density at radius 2 is 1.88 bits per heavy atom. The molecular formula is C17H26N2O4S. The number of ether oxygens (including phenoxy) is 1. The van der Waals surface area contributed by atoms with E-state index >= 15 is 0 Å². The Balaban J connectivity index is 2.11. The van der Waals surface area contributed by atoms with Gasteiger partial charge in [0.25, 0.3) is 0 Å². The van der Waals surface area contributed by atoms with Crippen LogP contribution in [-0.2, 0) is 21.2 Å². The minimum atomic E-state index is -3.20. The van der Waals surface area contributed by atoms with E-state index in [2.05, 4.69) is 0 Å². The van der Waals surface area contributed by atoms with E-state index in [-0.39, 0.29) is 12.3 Å². The molecule has 1 saturated heterocycles. The second-order valence-corrected chi connectivity index (χ2v) is 8.33. The molecule has 0 spiro atoms. The van der Waals surface area contributed by atoms with Crippen LogP contribution in [0, 0.1) is 13.8 Å². The van der Waals surface area contributed by atoms with Crippen LogP contribution in [0.2, 0.25) is 0 Å². The summed E-state index contributed by atoms with van der Waals surface area (Å²) in [5.74, 6) is 0.759. The molecule has 0 unspecified atom stereocenters. The first-order chi connectivity index (χ1) is 11.2. The van der Waals surface area contributed by atoms with Gasteiger partial charge in [-0.3, -0.25) is 4.79 Å². The molecule has 0 bridgehead atoms. The fourth-order valence-electron chi connectivity index (χ4n) is 3.22. The molecule has 0 aromatic heterocycles. The number of amides is 1. The topological polar surface area (TPSA) is 66.9 Å². The molecule has 7 heteroatoms. The molecule has 0 atom stereocenters. The Bertz CT molecular complexity index is 716. The van der Waals surface area contributed by atoms with Crippen LogP contribution >= 0.6 is 0 Å². The molecule has 0 saturated carbocycles. The summed E-state index contributed by atoms with van der Waals surface area (Å²) in [7, 11) is -1.59. The van der Waals surface area contributed by atoms with Crippen molar-refractivity contribution in [1.29, 1.82) is 0 Å². The molecule has 1 fully saturated rings. The molecule has 0 aliphatic carbocycles. The standard InChI is InChI=1S/C17H26N2O4S/c1-13-10-14(2)17(23-3)15(11-13)12-16(20)18-6-5-7-19(9-8-18)24(4,21)22/h10-11H,5-9,12H2,1-4H3. The number of hydrogen-bond donors (Lipinski definition) is 0. The van der Waals surface area contributed by atoms with Gasteiger partial charge >= 0.3 is 0 Å². The maximum absolute atomic E-state index is 12.7. The highest BCUT2D eigenvalue weighted by atomic mass is 32.2. The molecule has 2 rings (SSSR count). The number of hydrogen-bond acceptors (Lipinski definition) is 4. The summed E-state index contributed by atoms with van der Waals surface area (Å²) in [4.78, 5) is 14.4. The summed E-state index contributed by atoms with van der Waals surface area (Å²) >= 11 is 0. The smallest absolute Gasteiger partial charge is 0.227 e. The zero-order valence-corrected chi connectivity index (χ0v) is 15.6. The zero-order valence-electron chi connectivity index (χ0n) is 14.8. The Kier molecular flexibility index (Phi) is 5.87. The van der Waals surface area contributed by atoms with Crippen LogP contribution in [-0.4, -0.2) is 63.1 Å². The quantitative estimate of drug-likeness (QED) is 0.819. The molecule has 1 aliphatic rings. The number of sulfonamides is 1. The highest BCUT2D eigenvalue weighted by Gasteiger charge is 2.24. The highest BCUT2D eigenvalue weighted by Crippen LogP contribution is 2.26. The summed E-state index contributed by atoms with van der Waals surface area (Å²) in [6.45, 7) is 5.80. The van der Waals surface area contributed by atoms with Crippen molar-refractivity contribution in [1.82, 2.24) is 9.21 Å². The van der Waals surface area contributed by atoms with Crippen LogP contribution in [0.25, 0.3) is 0 Å². The summed E-state index contributed by atoms with van der Waals surface area (Å²) in [6.07, 6.45) is 2.14. The Morgan fingerprint density at radius 1 is 1.17 bits per heavy atom. The van der Waals surface area contributed by atoms with Crippen molar-refractivity contribution in [3.63, 3.8) is 0 Å². The van der Waals surface area contributed by atoms with Crippen LogP contribution < -0.4 is 4.74 Å². The minimum absolute atomic E-state index is 0.00801. The second-order valence-electron chi connectivity index (χ2n) is 6.35. The fourth-order valence-corrected chi connectivity index (χ4v) is 4.09. The van der Waals surface area contributed by atoms with E-state index < -0.39 is 10.0 Å². The van der Waals surface area contributed by atoms with Gasteiger partial charge in [-0.2, -0.15) is 0 Å². The third kappa shape index (κ3) is 4.48. The minimum Gasteiger partial charge on any atom is -0.496 e. The molecule has 1 aliphatic heterocycles. The Hall–Kier alpha value is -1.60. The summed E-state index contributed by atoms with van der Waals surface area (Å²) in [5, 5.41) is 0. The van der Waals surface area contributed by atoms with Crippen LogP contribution in [0.1, 0.15) is 23.1 Å². The molecule has 0 N–H and O–H groups in total. The largest absolute Gasteiger partial charge is 0.496 e. The number of aryl methyl sites for hydroxylation is 2. The third-order valence-corrected chi connectivity index (χ3v) is 5.62. The lowest BCUT2D eigenvalue weighted by Crippen LogP contribution is -2.37. The third-order valence-electron chi connectivity index (χ3n) is 4.32. The monoisotopic (exact) mass is 354 g/mol. The van der Waals surface area contributed by atoms with Crippen molar-refractivity contribution in [3.05, 3.63) is 28.8 Å². The highest BCUT2D eigenvalue weighted by molar-refractivity contribution is 7.88. The predicted molar refractivity (Wildman–Crippen MR) is 93.8 cm³/mol. The van der Waals surface area contributed by atoms with Crippen molar-refractivity contribution in [3.8, 4) is 5.75 Å². The van der Waals surface area contributed by atoms with E-state index in [1.807, 2.05) is 26.0 Å². The predicted octanol–water partition coefficient (Wildman–Crippen LogP) is 1.35. The molecule has 6 nitrogen and oxygen atoms in total. The lowest BCUT2D eigenvalue weighted by molar-refractivity contribution is -0.130. The molecular weight excluding hydrogens is 328 g/mol. The number of carbonyl (C=O) groups excluding carboxylic acids is 1. The summed E-state index contributed by atoms with van der Waals surface area (Å²) in [6, 6.07) is 4.01. The van der Waals surface area contributed by atoms with E-state index in [0.717, 1.165) is 22.4 Å². The van der Waals surface area contributed by atoms with E-state index in [9.17, 15) is 13.2 Å². The van der Waals surface area contributed by atoms with E-state index in [4.69, 9.17) is 4.74 Å². The maximum Gasteiger partial charge on any atom is 0.227 e. The normalized spacial score (nSPS) is 16.8. The number of methoxy groups -OCH3 is 1. The van der Waals surface area contributed by atoms with Gasteiger partial charge in [-0.15, -0.1) is 0 Å². The Morgan fingerprint density at radius 3 is 2.50 bits per heavy atom. The average molecular weight is 354 g/mol. The van der Waals surface area contributed by atoms with Gasteiger partial charge in [0.1, 0.15) is 5.75 Å². The molecule has 1 heterocycles. The van der Waals surface area contributed by atoms with Gasteiger partial charge in [0, 0.05) is 31.7 Å². The Labute approximate surface area is 144 Å². The lowest BCUT2D eigenvalue weighted by Gasteiger charge is -2.22. The lowest BCUT2D eigenvalue weighted by atomic mass is 10.0. The molecule has 134 valence electrons. The van der Waals surface area contributed by atoms with Crippen LogP contribution in [0.4, 0.5) is 0 Å².